The summed E-state index contributed by atoms with van der Waals surface area (Å²) in [7, 11) is -2.51. The van der Waals surface area contributed by atoms with Gasteiger partial charge >= 0.3 is 5.97 Å². The summed E-state index contributed by atoms with van der Waals surface area (Å²) < 4.78 is 31.8. The lowest BCUT2D eigenvalue weighted by Crippen LogP contribution is -2.12. The van der Waals surface area contributed by atoms with Gasteiger partial charge in [-0.1, -0.05) is 29.5 Å². The second-order valence-corrected chi connectivity index (χ2v) is 8.56. The third-order valence-corrected chi connectivity index (χ3v) is 6.40. The minimum absolute atomic E-state index is 0.0949. The van der Waals surface area contributed by atoms with Crippen molar-refractivity contribution in [2.45, 2.75) is 11.8 Å². The quantitative estimate of drug-likeness (QED) is 0.579. The van der Waals surface area contributed by atoms with E-state index in [1.165, 1.54) is 31.4 Å². The van der Waals surface area contributed by atoms with Crippen molar-refractivity contribution in [1.29, 1.82) is 0 Å². The van der Waals surface area contributed by atoms with Crippen LogP contribution < -0.4 is 10.0 Å². The van der Waals surface area contributed by atoms with E-state index in [0.29, 0.717) is 16.9 Å². The minimum Gasteiger partial charge on any atom is -0.465 e. The number of ether oxygens (including phenoxy) is 1. The lowest BCUT2D eigenvalue weighted by atomic mass is 10.2. The average Bonchev–Trinajstić information content (AvgIpc) is 3.08. The first-order valence-corrected chi connectivity index (χ1v) is 10.6. The standard InChI is InChI=1S/C19H17N3O5S2/c1-12-16(17(23)21-14-10-8-13(9-11-14)18(24)27-2)28-19(20-12)22-29(25,26)15-6-4-3-5-7-15/h3-11H,1-2H3,(H,20,22)(H,21,23). The van der Waals surface area contributed by atoms with Crippen molar-refractivity contribution in [3.05, 3.63) is 70.7 Å². The van der Waals surface area contributed by atoms with Crippen LogP contribution in [0.5, 0.6) is 0 Å². The molecule has 8 nitrogen and oxygen atoms in total. The Hall–Kier alpha value is -3.24. The molecule has 1 aromatic heterocycles. The number of carbonyl (C=O) groups is 2. The number of carbonyl (C=O) groups excluding carboxylic acids is 2. The Kier molecular flexibility index (Phi) is 5.95. The molecule has 0 atom stereocenters. The molecular formula is C19H17N3O5S2. The molecule has 0 aliphatic heterocycles. The van der Waals surface area contributed by atoms with E-state index in [1.54, 1.807) is 37.3 Å². The molecule has 150 valence electrons. The Bertz CT molecular complexity index is 1140. The van der Waals surface area contributed by atoms with Gasteiger partial charge in [0.15, 0.2) is 5.13 Å². The summed E-state index contributed by atoms with van der Waals surface area (Å²) in [6.07, 6.45) is 0. The lowest BCUT2D eigenvalue weighted by molar-refractivity contribution is 0.0600. The second-order valence-electron chi connectivity index (χ2n) is 5.88. The summed E-state index contributed by atoms with van der Waals surface area (Å²) in [6.45, 7) is 1.62. The molecule has 0 spiro atoms. The van der Waals surface area contributed by atoms with Gasteiger partial charge in [0.2, 0.25) is 0 Å². The summed E-state index contributed by atoms with van der Waals surface area (Å²) in [5.74, 6) is -0.910. The average molecular weight is 431 g/mol. The SMILES string of the molecule is COC(=O)c1ccc(NC(=O)c2sc(NS(=O)(=O)c3ccccc3)nc2C)cc1. The molecule has 0 unspecified atom stereocenters. The van der Waals surface area contributed by atoms with E-state index in [0.717, 1.165) is 11.3 Å². The largest absolute Gasteiger partial charge is 0.465 e. The van der Waals surface area contributed by atoms with E-state index in [1.807, 2.05) is 0 Å². The first-order valence-electron chi connectivity index (χ1n) is 8.35. The Morgan fingerprint density at radius 2 is 1.69 bits per heavy atom. The Balaban J connectivity index is 1.74. The van der Waals surface area contributed by atoms with E-state index < -0.39 is 21.9 Å². The number of aromatic nitrogens is 1. The van der Waals surface area contributed by atoms with Crippen molar-refractivity contribution >= 4 is 44.1 Å². The van der Waals surface area contributed by atoms with E-state index in [-0.39, 0.29) is 14.9 Å². The van der Waals surface area contributed by atoms with Crippen LogP contribution in [-0.4, -0.2) is 32.4 Å². The highest BCUT2D eigenvalue weighted by Gasteiger charge is 2.20. The number of nitrogens with one attached hydrogen (secondary N) is 2. The fraction of sp³-hybridized carbons (Fsp3) is 0.105. The molecule has 10 heteroatoms. The third kappa shape index (κ3) is 4.79. The van der Waals surface area contributed by atoms with Gasteiger partial charge in [-0.3, -0.25) is 9.52 Å². The molecule has 29 heavy (non-hydrogen) atoms. The van der Waals surface area contributed by atoms with E-state index in [4.69, 9.17) is 0 Å². The summed E-state index contributed by atoms with van der Waals surface area (Å²) in [5.41, 5.74) is 1.23. The van der Waals surface area contributed by atoms with Crippen molar-refractivity contribution in [3.63, 3.8) is 0 Å². The number of amides is 1. The van der Waals surface area contributed by atoms with Crippen molar-refractivity contribution in [3.8, 4) is 0 Å². The highest BCUT2D eigenvalue weighted by Crippen LogP contribution is 2.26. The summed E-state index contributed by atoms with van der Waals surface area (Å²) >= 11 is 0.933. The number of anilines is 2. The van der Waals surface area contributed by atoms with Crippen molar-refractivity contribution in [2.24, 2.45) is 0 Å². The Morgan fingerprint density at radius 3 is 2.31 bits per heavy atom. The number of sulfonamides is 1. The summed E-state index contributed by atoms with van der Waals surface area (Å²) in [5, 5.41) is 2.79. The van der Waals surface area contributed by atoms with Gasteiger partial charge in [0, 0.05) is 5.69 Å². The fourth-order valence-corrected chi connectivity index (χ4v) is 4.54. The number of benzene rings is 2. The van der Waals surface area contributed by atoms with Crippen LogP contribution in [0.25, 0.3) is 0 Å². The Labute approximate surface area is 171 Å². The van der Waals surface area contributed by atoms with Gasteiger partial charge in [0.1, 0.15) is 4.88 Å². The molecule has 1 amide bonds. The number of rotatable bonds is 6. The van der Waals surface area contributed by atoms with Crippen LogP contribution in [0.3, 0.4) is 0 Å². The predicted octanol–water partition coefficient (Wildman–Crippen LogP) is 3.29. The van der Waals surface area contributed by atoms with Crippen LogP contribution in [0.2, 0.25) is 0 Å². The number of aryl methyl sites for hydroxylation is 1. The van der Waals surface area contributed by atoms with Crippen LogP contribution in [0.1, 0.15) is 25.7 Å². The van der Waals surface area contributed by atoms with Gasteiger partial charge in [-0.15, -0.1) is 0 Å². The predicted molar refractivity (Wildman–Crippen MR) is 110 cm³/mol. The maximum absolute atomic E-state index is 12.5. The molecule has 0 radical (unpaired) electrons. The zero-order chi connectivity index (χ0) is 21.0. The molecule has 0 aliphatic rings. The zero-order valence-corrected chi connectivity index (χ0v) is 17.1. The van der Waals surface area contributed by atoms with Crippen LogP contribution >= 0.6 is 11.3 Å². The number of hydrogen-bond acceptors (Lipinski definition) is 7. The number of methoxy groups -OCH3 is 1. The Morgan fingerprint density at radius 1 is 1.03 bits per heavy atom. The van der Waals surface area contributed by atoms with Gasteiger partial charge in [0.25, 0.3) is 15.9 Å². The molecule has 1 heterocycles. The number of thiazole rings is 1. The van der Waals surface area contributed by atoms with E-state index in [2.05, 4.69) is 19.8 Å². The number of esters is 1. The van der Waals surface area contributed by atoms with Gasteiger partial charge in [0.05, 0.1) is 23.3 Å². The minimum atomic E-state index is -3.79. The van der Waals surface area contributed by atoms with Crippen molar-refractivity contribution in [2.75, 3.05) is 17.1 Å². The van der Waals surface area contributed by atoms with Gasteiger partial charge in [-0.05, 0) is 43.3 Å². The summed E-state index contributed by atoms with van der Waals surface area (Å²) in [6, 6.07) is 14.1. The number of hydrogen-bond donors (Lipinski definition) is 2. The van der Waals surface area contributed by atoms with Crippen LogP contribution in [0.15, 0.2) is 59.5 Å². The molecule has 2 aromatic carbocycles. The van der Waals surface area contributed by atoms with Gasteiger partial charge < -0.3 is 10.1 Å². The van der Waals surface area contributed by atoms with E-state index >= 15 is 0 Å². The molecular weight excluding hydrogens is 414 g/mol. The van der Waals surface area contributed by atoms with Crippen molar-refractivity contribution in [1.82, 2.24) is 4.98 Å². The second kappa shape index (κ2) is 8.41. The maximum atomic E-state index is 12.5. The topological polar surface area (TPSA) is 114 Å². The van der Waals surface area contributed by atoms with E-state index in [9.17, 15) is 18.0 Å². The molecule has 0 saturated heterocycles. The zero-order valence-electron chi connectivity index (χ0n) is 15.5. The molecule has 0 bridgehead atoms. The lowest BCUT2D eigenvalue weighted by Gasteiger charge is -2.05. The number of nitrogens with zero attached hydrogens (tertiary/aromatic N) is 1. The highest BCUT2D eigenvalue weighted by atomic mass is 32.2. The molecule has 0 aliphatic carbocycles. The monoisotopic (exact) mass is 431 g/mol. The fourth-order valence-electron chi connectivity index (χ4n) is 2.42. The summed E-state index contributed by atoms with van der Waals surface area (Å²) in [4.78, 5) is 28.5. The maximum Gasteiger partial charge on any atom is 0.337 e. The van der Waals surface area contributed by atoms with Crippen molar-refractivity contribution < 1.29 is 22.7 Å². The first kappa shape index (κ1) is 20.5. The van der Waals surface area contributed by atoms with Gasteiger partial charge in [-0.25, -0.2) is 18.2 Å². The van der Waals surface area contributed by atoms with Crippen LogP contribution in [0.4, 0.5) is 10.8 Å². The van der Waals surface area contributed by atoms with Crippen LogP contribution in [-0.2, 0) is 14.8 Å². The molecule has 3 aromatic rings. The normalized spacial score (nSPS) is 11.0. The molecule has 0 saturated carbocycles. The third-order valence-electron chi connectivity index (χ3n) is 3.84. The van der Waals surface area contributed by atoms with Gasteiger partial charge in [-0.2, -0.15) is 0 Å². The molecule has 3 rings (SSSR count). The smallest absolute Gasteiger partial charge is 0.337 e. The highest BCUT2D eigenvalue weighted by molar-refractivity contribution is 7.93. The molecule has 0 fully saturated rings. The first-order chi connectivity index (χ1) is 13.8. The van der Waals surface area contributed by atoms with Crippen LogP contribution in [0, 0.1) is 6.92 Å². The molecule has 2 N–H and O–H groups in total.